The molecule has 21 heavy (non-hydrogen) atoms. The summed E-state index contributed by atoms with van der Waals surface area (Å²) in [5, 5.41) is 0. The van der Waals surface area contributed by atoms with Gasteiger partial charge in [-0.2, -0.15) is 0 Å². The van der Waals surface area contributed by atoms with Gasteiger partial charge in [0.1, 0.15) is 0 Å². The number of aromatic nitrogens is 1. The van der Waals surface area contributed by atoms with Crippen molar-refractivity contribution in [1.82, 2.24) is 10.4 Å². The minimum Gasteiger partial charge on any atom is -0.481 e. The molecule has 1 aliphatic carbocycles. The minimum atomic E-state index is 0.0648. The highest BCUT2D eigenvalue weighted by molar-refractivity contribution is 5.29. The molecule has 116 valence electrons. The Labute approximate surface area is 126 Å². The lowest BCUT2D eigenvalue weighted by atomic mass is 9.79. The molecule has 2 fully saturated rings. The first-order valence-corrected chi connectivity index (χ1v) is 7.87. The van der Waals surface area contributed by atoms with Crippen LogP contribution in [-0.2, 0) is 4.74 Å². The summed E-state index contributed by atoms with van der Waals surface area (Å²) in [7, 11) is 1.65. The van der Waals surface area contributed by atoms with Crippen molar-refractivity contribution >= 4 is 0 Å². The zero-order chi connectivity index (χ0) is 14.7. The topological polar surface area (TPSA) is 69.4 Å². The van der Waals surface area contributed by atoms with Crippen molar-refractivity contribution in [1.29, 1.82) is 0 Å². The van der Waals surface area contributed by atoms with Crippen molar-refractivity contribution in [3.8, 4) is 5.88 Å². The fraction of sp³-hybridized carbons (Fsp3) is 0.688. The maximum atomic E-state index is 6.13. The molecule has 1 saturated carbocycles. The second kappa shape index (κ2) is 6.30. The van der Waals surface area contributed by atoms with Gasteiger partial charge < -0.3 is 9.47 Å². The van der Waals surface area contributed by atoms with Gasteiger partial charge >= 0.3 is 0 Å². The Kier molecular flexibility index (Phi) is 4.42. The van der Waals surface area contributed by atoms with Crippen LogP contribution in [0.4, 0.5) is 0 Å². The van der Waals surface area contributed by atoms with E-state index in [4.69, 9.17) is 15.3 Å². The summed E-state index contributed by atoms with van der Waals surface area (Å²) in [6.45, 7) is 0.825. The number of hydrogen-bond acceptors (Lipinski definition) is 5. The summed E-state index contributed by atoms with van der Waals surface area (Å²) < 4.78 is 11.5. The molecule has 1 aromatic rings. The van der Waals surface area contributed by atoms with Crippen LogP contribution in [0.2, 0.25) is 0 Å². The fourth-order valence-electron chi connectivity index (χ4n) is 4.01. The molecule has 2 heterocycles. The number of rotatable bonds is 4. The average molecular weight is 291 g/mol. The predicted molar refractivity (Wildman–Crippen MR) is 80.7 cm³/mol. The molecule has 3 N–H and O–H groups in total. The first-order valence-electron chi connectivity index (χ1n) is 7.87. The molecule has 1 spiro atoms. The predicted octanol–water partition coefficient (Wildman–Crippen LogP) is 2.33. The Balaban J connectivity index is 1.82. The van der Waals surface area contributed by atoms with Crippen LogP contribution in [0.1, 0.15) is 50.1 Å². The largest absolute Gasteiger partial charge is 0.481 e. The van der Waals surface area contributed by atoms with Gasteiger partial charge in [-0.1, -0.05) is 18.9 Å². The lowest BCUT2D eigenvalue weighted by molar-refractivity contribution is -0.0983. The second-order valence-electron chi connectivity index (χ2n) is 6.24. The van der Waals surface area contributed by atoms with Crippen LogP contribution in [0.5, 0.6) is 5.88 Å². The van der Waals surface area contributed by atoms with E-state index in [1.807, 2.05) is 12.1 Å². The van der Waals surface area contributed by atoms with E-state index in [-0.39, 0.29) is 11.6 Å². The molecule has 1 saturated heterocycles. The fourth-order valence-corrected chi connectivity index (χ4v) is 4.01. The van der Waals surface area contributed by atoms with E-state index in [2.05, 4.69) is 10.4 Å². The number of nitrogens with two attached hydrogens (primary N) is 1. The zero-order valence-corrected chi connectivity index (χ0v) is 12.7. The molecular weight excluding hydrogens is 266 g/mol. The Bertz CT molecular complexity index is 474. The van der Waals surface area contributed by atoms with E-state index in [0.29, 0.717) is 11.8 Å². The minimum absolute atomic E-state index is 0.0648. The molecule has 5 nitrogen and oxygen atoms in total. The third kappa shape index (κ3) is 2.91. The monoisotopic (exact) mass is 291 g/mol. The van der Waals surface area contributed by atoms with E-state index < -0.39 is 0 Å². The molecule has 2 aliphatic rings. The first-order chi connectivity index (χ1) is 10.3. The average Bonchev–Trinajstić information content (AvgIpc) is 2.96. The first kappa shape index (κ1) is 14.8. The van der Waals surface area contributed by atoms with Gasteiger partial charge in [-0.3, -0.25) is 11.3 Å². The Morgan fingerprint density at radius 3 is 3.00 bits per heavy atom. The Morgan fingerprint density at radius 1 is 1.48 bits per heavy atom. The van der Waals surface area contributed by atoms with E-state index >= 15 is 0 Å². The number of pyridine rings is 1. The van der Waals surface area contributed by atoms with Gasteiger partial charge in [0, 0.05) is 18.4 Å². The van der Waals surface area contributed by atoms with Gasteiger partial charge in [0.2, 0.25) is 5.88 Å². The van der Waals surface area contributed by atoms with Crippen LogP contribution in [-0.4, -0.2) is 24.3 Å². The van der Waals surface area contributed by atoms with Crippen LogP contribution in [0.15, 0.2) is 18.3 Å². The van der Waals surface area contributed by atoms with Crippen molar-refractivity contribution in [3.63, 3.8) is 0 Å². The van der Waals surface area contributed by atoms with E-state index in [1.54, 1.807) is 13.3 Å². The normalized spacial score (nSPS) is 25.9. The number of nitrogens with one attached hydrogen (secondary N) is 1. The quantitative estimate of drug-likeness (QED) is 0.658. The Morgan fingerprint density at radius 2 is 2.29 bits per heavy atom. The molecule has 2 atom stereocenters. The van der Waals surface area contributed by atoms with Gasteiger partial charge in [-0.15, -0.1) is 0 Å². The van der Waals surface area contributed by atoms with Gasteiger partial charge in [-0.05, 0) is 37.7 Å². The Hall–Kier alpha value is -1.17. The molecular formula is C16H25N3O2. The third-order valence-corrected chi connectivity index (χ3v) is 5.03. The summed E-state index contributed by atoms with van der Waals surface area (Å²) in [5.41, 5.74) is 4.13. The third-order valence-electron chi connectivity index (χ3n) is 5.03. The number of nitrogens with zero attached hydrogens (tertiary/aromatic N) is 1. The maximum absolute atomic E-state index is 6.13. The van der Waals surface area contributed by atoms with Crippen LogP contribution in [0.25, 0.3) is 0 Å². The molecule has 2 unspecified atom stereocenters. The summed E-state index contributed by atoms with van der Waals surface area (Å²) >= 11 is 0. The molecule has 3 rings (SSSR count). The molecule has 0 radical (unpaired) electrons. The van der Waals surface area contributed by atoms with Crippen LogP contribution in [0, 0.1) is 5.92 Å². The van der Waals surface area contributed by atoms with Gasteiger partial charge in [0.25, 0.3) is 0 Å². The SMILES string of the molecule is COc1ncccc1C(NN)C1CCOC2(CCCC2)C1. The highest BCUT2D eigenvalue weighted by Gasteiger charge is 2.42. The summed E-state index contributed by atoms with van der Waals surface area (Å²) in [4.78, 5) is 4.30. The summed E-state index contributed by atoms with van der Waals surface area (Å²) in [6, 6.07) is 4.05. The van der Waals surface area contributed by atoms with Crippen molar-refractivity contribution in [2.45, 2.75) is 50.2 Å². The van der Waals surface area contributed by atoms with E-state index in [9.17, 15) is 0 Å². The van der Waals surface area contributed by atoms with Crippen molar-refractivity contribution in [2.24, 2.45) is 11.8 Å². The molecule has 0 aromatic carbocycles. The molecule has 0 bridgehead atoms. The number of methoxy groups -OCH3 is 1. The smallest absolute Gasteiger partial charge is 0.217 e. The standard InChI is InChI=1S/C16H25N3O2/c1-20-15-13(5-4-9-18-15)14(19-17)12-6-10-21-16(11-12)7-2-3-8-16/h4-5,9,12,14,19H,2-3,6-8,10-11,17H2,1H3. The maximum Gasteiger partial charge on any atom is 0.217 e. The number of ether oxygens (including phenoxy) is 2. The summed E-state index contributed by atoms with van der Waals surface area (Å²) in [6.07, 6.45) is 8.77. The number of hydrogen-bond donors (Lipinski definition) is 2. The van der Waals surface area contributed by atoms with Crippen molar-refractivity contribution in [3.05, 3.63) is 23.9 Å². The van der Waals surface area contributed by atoms with E-state index in [0.717, 1.165) is 25.0 Å². The zero-order valence-electron chi connectivity index (χ0n) is 12.7. The van der Waals surface area contributed by atoms with Gasteiger partial charge in [0.05, 0.1) is 18.8 Å². The molecule has 1 aromatic heterocycles. The highest BCUT2D eigenvalue weighted by atomic mass is 16.5. The van der Waals surface area contributed by atoms with Crippen LogP contribution < -0.4 is 16.0 Å². The van der Waals surface area contributed by atoms with Crippen molar-refractivity contribution in [2.75, 3.05) is 13.7 Å². The summed E-state index contributed by atoms with van der Waals surface area (Å²) in [5.74, 6) is 6.99. The van der Waals surface area contributed by atoms with Crippen LogP contribution >= 0.6 is 0 Å². The van der Waals surface area contributed by atoms with Crippen LogP contribution in [0.3, 0.4) is 0 Å². The molecule has 1 aliphatic heterocycles. The van der Waals surface area contributed by atoms with Crippen molar-refractivity contribution < 1.29 is 9.47 Å². The highest BCUT2D eigenvalue weighted by Crippen LogP contribution is 2.45. The lowest BCUT2D eigenvalue weighted by Crippen LogP contribution is -2.43. The number of hydrazine groups is 1. The van der Waals surface area contributed by atoms with Gasteiger partial charge in [-0.25, -0.2) is 4.98 Å². The molecule has 0 amide bonds. The van der Waals surface area contributed by atoms with Gasteiger partial charge in [0.15, 0.2) is 0 Å². The van der Waals surface area contributed by atoms with E-state index in [1.165, 1.54) is 25.7 Å². The lowest BCUT2D eigenvalue weighted by Gasteiger charge is -2.41. The second-order valence-corrected chi connectivity index (χ2v) is 6.24. The molecule has 5 heteroatoms.